The number of carbonyl (C=O) groups is 1. The van der Waals surface area contributed by atoms with Crippen molar-refractivity contribution in [2.75, 3.05) is 0 Å². The van der Waals surface area contributed by atoms with Crippen LogP contribution in [-0.4, -0.2) is 30.8 Å². The highest BCUT2D eigenvalue weighted by Gasteiger charge is 2.55. The molecule has 3 aliphatic rings. The Morgan fingerprint density at radius 1 is 1.16 bits per heavy atom. The van der Waals surface area contributed by atoms with E-state index >= 15 is 0 Å². The monoisotopic (exact) mass is 426 g/mol. The molecule has 2 saturated carbocycles. The Morgan fingerprint density at radius 3 is 2.65 bits per heavy atom. The van der Waals surface area contributed by atoms with Gasteiger partial charge in [-0.2, -0.15) is 0 Å². The van der Waals surface area contributed by atoms with E-state index in [1.54, 1.807) is 18.7 Å². The molecule has 1 unspecified atom stereocenters. The minimum absolute atomic E-state index is 0.0587. The van der Waals surface area contributed by atoms with Gasteiger partial charge in [-0.15, -0.1) is 0 Å². The lowest BCUT2D eigenvalue weighted by Gasteiger charge is -2.50. The molecule has 3 fully saturated rings. The van der Waals surface area contributed by atoms with E-state index in [0.717, 1.165) is 36.7 Å². The number of hydrogen-bond donors (Lipinski definition) is 0. The molecule has 0 radical (unpaired) electrons. The van der Waals surface area contributed by atoms with Crippen molar-refractivity contribution in [3.8, 4) is 0 Å². The molecule has 0 bridgehead atoms. The summed E-state index contributed by atoms with van der Waals surface area (Å²) in [5, 5.41) is 0. The molecule has 8 heteroatoms. The van der Waals surface area contributed by atoms with Gasteiger partial charge >= 0.3 is 11.7 Å². The average molecular weight is 427 g/mol. The number of imidazole rings is 1. The SMILES string of the molecule is C=C1CCC[C@]2(C)C[C@@H]3OC(=O)C(Cc4nc5c(c(=O)n(C)c(=O)n5C)n4C)[C@H]3C[C@@H]12. The lowest BCUT2D eigenvalue weighted by Crippen LogP contribution is -2.44. The Hall–Kier alpha value is -2.64. The highest BCUT2D eigenvalue weighted by molar-refractivity contribution is 5.76. The van der Waals surface area contributed by atoms with Crippen molar-refractivity contribution in [2.24, 2.45) is 44.3 Å². The number of ether oxygens (including phenoxy) is 1. The van der Waals surface area contributed by atoms with Gasteiger partial charge in [0.1, 0.15) is 11.9 Å². The van der Waals surface area contributed by atoms with E-state index in [-0.39, 0.29) is 34.9 Å². The molecule has 2 aromatic rings. The number of carbonyl (C=O) groups excluding carboxylic acids is 1. The minimum atomic E-state index is -0.412. The van der Waals surface area contributed by atoms with Crippen LogP contribution in [0.4, 0.5) is 0 Å². The summed E-state index contributed by atoms with van der Waals surface area (Å²) in [5.74, 6) is 0.726. The van der Waals surface area contributed by atoms with Gasteiger partial charge in [0, 0.05) is 33.5 Å². The Labute approximate surface area is 180 Å². The van der Waals surface area contributed by atoms with Gasteiger partial charge in [-0.1, -0.05) is 19.1 Å². The second-order valence-corrected chi connectivity index (χ2v) is 10.1. The molecule has 166 valence electrons. The molecule has 8 nitrogen and oxygen atoms in total. The summed E-state index contributed by atoms with van der Waals surface area (Å²) in [6.45, 7) is 6.67. The van der Waals surface area contributed by atoms with Gasteiger partial charge in [-0.05, 0) is 43.4 Å². The maximum atomic E-state index is 12.9. The molecule has 0 amide bonds. The Bertz CT molecular complexity index is 1230. The molecule has 31 heavy (non-hydrogen) atoms. The van der Waals surface area contributed by atoms with E-state index in [4.69, 9.17) is 4.74 Å². The molecule has 0 spiro atoms. The average Bonchev–Trinajstić information content (AvgIpc) is 3.20. The lowest BCUT2D eigenvalue weighted by atomic mass is 9.55. The zero-order valence-corrected chi connectivity index (χ0v) is 18.7. The van der Waals surface area contributed by atoms with Crippen LogP contribution in [0.3, 0.4) is 0 Å². The predicted octanol–water partition coefficient (Wildman–Crippen LogP) is 1.83. The fourth-order valence-electron chi connectivity index (χ4n) is 6.43. The van der Waals surface area contributed by atoms with Gasteiger partial charge < -0.3 is 9.30 Å². The smallest absolute Gasteiger partial charge is 0.332 e. The largest absolute Gasteiger partial charge is 0.462 e. The molecule has 0 aromatic carbocycles. The van der Waals surface area contributed by atoms with Crippen molar-refractivity contribution < 1.29 is 9.53 Å². The molecular weight excluding hydrogens is 396 g/mol. The van der Waals surface area contributed by atoms with Crippen LogP contribution in [0, 0.1) is 23.2 Å². The topological polar surface area (TPSA) is 88.1 Å². The third-order valence-corrected chi connectivity index (χ3v) is 8.29. The van der Waals surface area contributed by atoms with E-state index in [1.807, 2.05) is 0 Å². The first-order valence-electron chi connectivity index (χ1n) is 11.1. The van der Waals surface area contributed by atoms with Crippen molar-refractivity contribution in [1.82, 2.24) is 18.7 Å². The minimum Gasteiger partial charge on any atom is -0.462 e. The summed E-state index contributed by atoms with van der Waals surface area (Å²) in [6, 6.07) is 0. The summed E-state index contributed by atoms with van der Waals surface area (Å²) in [6.07, 6.45) is 5.54. The second-order valence-electron chi connectivity index (χ2n) is 10.1. The number of allylic oxidation sites excluding steroid dienone is 1. The van der Waals surface area contributed by atoms with Crippen LogP contribution in [-0.2, 0) is 37.1 Å². The molecule has 1 saturated heterocycles. The highest BCUT2D eigenvalue weighted by atomic mass is 16.6. The molecule has 5 rings (SSSR count). The molecule has 3 heterocycles. The van der Waals surface area contributed by atoms with E-state index in [1.165, 1.54) is 17.2 Å². The van der Waals surface area contributed by atoms with Gasteiger partial charge in [-0.25, -0.2) is 9.78 Å². The van der Waals surface area contributed by atoms with Crippen molar-refractivity contribution >= 4 is 17.1 Å². The van der Waals surface area contributed by atoms with Gasteiger partial charge in [-0.3, -0.25) is 18.7 Å². The number of rotatable bonds is 2. The quantitative estimate of drug-likeness (QED) is 0.540. The predicted molar refractivity (Wildman–Crippen MR) is 116 cm³/mol. The first kappa shape index (κ1) is 20.3. The van der Waals surface area contributed by atoms with Crippen molar-refractivity contribution in [2.45, 2.75) is 51.6 Å². The fourth-order valence-corrected chi connectivity index (χ4v) is 6.43. The summed E-state index contributed by atoms with van der Waals surface area (Å²) in [5.41, 5.74) is 1.41. The molecule has 2 aliphatic carbocycles. The van der Waals surface area contributed by atoms with Crippen LogP contribution in [0.2, 0.25) is 0 Å². The Balaban J connectivity index is 1.51. The first-order chi connectivity index (χ1) is 14.6. The summed E-state index contributed by atoms with van der Waals surface area (Å²) < 4.78 is 10.1. The number of hydrogen-bond acceptors (Lipinski definition) is 5. The third kappa shape index (κ3) is 2.79. The molecular formula is C23H30N4O4. The van der Waals surface area contributed by atoms with Crippen LogP contribution in [0.15, 0.2) is 21.7 Å². The molecule has 0 N–H and O–H groups in total. The van der Waals surface area contributed by atoms with E-state index < -0.39 is 5.69 Å². The maximum Gasteiger partial charge on any atom is 0.332 e. The van der Waals surface area contributed by atoms with Crippen molar-refractivity contribution in [3.05, 3.63) is 38.8 Å². The maximum absolute atomic E-state index is 12.9. The molecule has 5 atom stereocenters. The fraction of sp³-hybridized carbons (Fsp3) is 0.652. The number of aromatic nitrogens is 4. The van der Waals surface area contributed by atoms with E-state index in [9.17, 15) is 14.4 Å². The van der Waals surface area contributed by atoms with Crippen LogP contribution in [0.25, 0.3) is 11.2 Å². The van der Waals surface area contributed by atoms with E-state index in [2.05, 4.69) is 18.5 Å². The van der Waals surface area contributed by atoms with Gasteiger partial charge in [0.25, 0.3) is 5.56 Å². The van der Waals surface area contributed by atoms with Crippen LogP contribution in [0.1, 0.15) is 44.9 Å². The van der Waals surface area contributed by atoms with Gasteiger partial charge in [0.2, 0.25) is 0 Å². The van der Waals surface area contributed by atoms with E-state index in [0.29, 0.717) is 29.3 Å². The lowest BCUT2D eigenvalue weighted by molar-refractivity contribution is -0.146. The Kier molecular flexibility index (Phi) is 4.37. The zero-order chi connectivity index (χ0) is 22.2. The molecule has 2 aromatic heterocycles. The second kappa shape index (κ2) is 6.68. The third-order valence-electron chi connectivity index (χ3n) is 8.29. The first-order valence-corrected chi connectivity index (χ1v) is 11.1. The van der Waals surface area contributed by atoms with Crippen LogP contribution < -0.4 is 11.2 Å². The molecule has 1 aliphatic heterocycles. The van der Waals surface area contributed by atoms with Gasteiger partial charge in [0.05, 0.1) is 5.92 Å². The Morgan fingerprint density at radius 2 is 1.90 bits per heavy atom. The summed E-state index contributed by atoms with van der Waals surface area (Å²) in [7, 11) is 4.85. The number of fused-ring (bicyclic) bond motifs is 3. The van der Waals surface area contributed by atoms with Crippen LogP contribution >= 0.6 is 0 Å². The van der Waals surface area contributed by atoms with Crippen LogP contribution in [0.5, 0.6) is 0 Å². The number of nitrogens with zero attached hydrogens (tertiary/aromatic N) is 4. The number of esters is 1. The summed E-state index contributed by atoms with van der Waals surface area (Å²) in [4.78, 5) is 42.5. The number of aryl methyl sites for hydroxylation is 2. The standard InChI is InChI=1S/C23H30N4O4/c1-12-7-6-8-23(2)11-16-13(9-15(12)23)14(21(29)31-16)10-17-24-19-18(25(17)3)20(28)27(5)22(30)26(19)4/h13-16H,1,6-11H2,2-5H3/t13-,14?,15+,16+,23-/m1/s1. The zero-order valence-electron chi connectivity index (χ0n) is 18.7. The van der Waals surface area contributed by atoms with Crippen molar-refractivity contribution in [1.29, 1.82) is 0 Å². The summed E-state index contributed by atoms with van der Waals surface area (Å²) >= 11 is 0. The van der Waals surface area contributed by atoms with Gasteiger partial charge in [0.15, 0.2) is 11.2 Å². The van der Waals surface area contributed by atoms with Crippen molar-refractivity contribution in [3.63, 3.8) is 0 Å². The normalized spacial score (nSPS) is 32.8. The highest BCUT2D eigenvalue weighted by Crippen LogP contribution is 2.57.